The molecule has 18 heavy (non-hydrogen) atoms. The van der Waals surface area contributed by atoms with E-state index in [4.69, 9.17) is 5.11 Å². The summed E-state index contributed by atoms with van der Waals surface area (Å²) in [7, 11) is 0. The third-order valence-electron chi connectivity index (χ3n) is 3.11. The number of aliphatic hydroxyl groups excluding tert-OH is 1. The third-order valence-corrected chi connectivity index (χ3v) is 4.52. The fourth-order valence-electron chi connectivity index (χ4n) is 1.95. The van der Waals surface area contributed by atoms with Crippen LogP contribution in [-0.2, 0) is 5.41 Å². The molecular weight excluding hydrogens is 248 g/mol. The van der Waals surface area contributed by atoms with E-state index in [1.54, 1.807) is 11.3 Å². The first-order chi connectivity index (χ1) is 8.50. The Labute approximate surface area is 112 Å². The van der Waals surface area contributed by atoms with Gasteiger partial charge in [-0.05, 0) is 0 Å². The zero-order chi connectivity index (χ0) is 13.2. The maximum absolute atomic E-state index is 8.92. The number of aliphatic hydroxyl groups is 1. The Balaban J connectivity index is 1.95. The summed E-state index contributed by atoms with van der Waals surface area (Å²) < 4.78 is 0. The predicted molar refractivity (Wildman–Crippen MR) is 74.3 cm³/mol. The number of aromatic nitrogens is 2. The topological polar surface area (TPSA) is 52.5 Å². The molecule has 0 spiro atoms. The maximum atomic E-state index is 8.92. The van der Waals surface area contributed by atoms with Gasteiger partial charge in [0.25, 0.3) is 0 Å². The summed E-state index contributed by atoms with van der Waals surface area (Å²) in [5, 5.41) is 19.6. The first kappa shape index (κ1) is 13.7. The minimum atomic E-state index is 0.0780. The van der Waals surface area contributed by atoms with Gasteiger partial charge in [-0.25, -0.2) is 0 Å². The molecule has 1 aliphatic heterocycles. The van der Waals surface area contributed by atoms with Crippen molar-refractivity contribution < 1.29 is 5.11 Å². The van der Waals surface area contributed by atoms with E-state index < -0.39 is 0 Å². The molecule has 5 nitrogen and oxygen atoms in total. The standard InChI is InChI=1S/C12H22N4OS/c1-12(2,3)10-13-14-11(18-10)16-6-4-15(5-7-16)8-9-17/h17H,4-9H2,1-3H3. The highest BCUT2D eigenvalue weighted by Gasteiger charge is 2.23. The van der Waals surface area contributed by atoms with Crippen LogP contribution in [0, 0.1) is 0 Å². The molecule has 1 aliphatic rings. The summed E-state index contributed by atoms with van der Waals surface area (Å²) in [6, 6.07) is 0. The van der Waals surface area contributed by atoms with E-state index >= 15 is 0 Å². The molecule has 0 amide bonds. The second-order valence-electron chi connectivity index (χ2n) is 5.69. The lowest BCUT2D eigenvalue weighted by molar-refractivity contribution is 0.188. The average Bonchev–Trinajstić information content (AvgIpc) is 2.79. The van der Waals surface area contributed by atoms with Crippen molar-refractivity contribution in [1.82, 2.24) is 15.1 Å². The second kappa shape index (κ2) is 5.50. The minimum Gasteiger partial charge on any atom is -0.395 e. The van der Waals surface area contributed by atoms with Gasteiger partial charge >= 0.3 is 0 Å². The highest BCUT2D eigenvalue weighted by molar-refractivity contribution is 7.15. The fourth-order valence-corrected chi connectivity index (χ4v) is 2.90. The molecule has 0 aromatic carbocycles. The Hall–Kier alpha value is -0.720. The van der Waals surface area contributed by atoms with Crippen LogP contribution in [0.4, 0.5) is 5.13 Å². The van der Waals surface area contributed by atoms with Crippen LogP contribution >= 0.6 is 11.3 Å². The van der Waals surface area contributed by atoms with Gasteiger partial charge in [-0.3, -0.25) is 4.90 Å². The van der Waals surface area contributed by atoms with Gasteiger partial charge in [0.15, 0.2) is 0 Å². The van der Waals surface area contributed by atoms with Crippen LogP contribution in [0.25, 0.3) is 0 Å². The van der Waals surface area contributed by atoms with Gasteiger partial charge in [-0.15, -0.1) is 10.2 Å². The molecule has 0 saturated carbocycles. The van der Waals surface area contributed by atoms with Crippen molar-refractivity contribution >= 4 is 16.5 Å². The van der Waals surface area contributed by atoms with Crippen molar-refractivity contribution in [2.24, 2.45) is 0 Å². The molecular formula is C12H22N4OS. The quantitative estimate of drug-likeness (QED) is 0.886. The van der Waals surface area contributed by atoms with Gasteiger partial charge in [0.2, 0.25) is 5.13 Å². The van der Waals surface area contributed by atoms with Crippen LogP contribution in [-0.4, -0.2) is 59.5 Å². The average molecular weight is 270 g/mol. The van der Waals surface area contributed by atoms with E-state index in [0.717, 1.165) is 42.9 Å². The van der Waals surface area contributed by atoms with Crippen LogP contribution < -0.4 is 4.90 Å². The molecule has 6 heteroatoms. The molecule has 0 atom stereocenters. The van der Waals surface area contributed by atoms with Crippen LogP contribution in [0.1, 0.15) is 25.8 Å². The van der Waals surface area contributed by atoms with Gasteiger partial charge in [0.1, 0.15) is 5.01 Å². The van der Waals surface area contributed by atoms with Crippen molar-refractivity contribution in [3.63, 3.8) is 0 Å². The molecule has 0 aliphatic carbocycles. The molecule has 1 aromatic rings. The number of hydrogen-bond donors (Lipinski definition) is 1. The van der Waals surface area contributed by atoms with Crippen LogP contribution in [0.3, 0.4) is 0 Å². The summed E-state index contributed by atoms with van der Waals surface area (Å²) in [5.74, 6) is 0. The summed E-state index contributed by atoms with van der Waals surface area (Å²) in [5.41, 5.74) is 0.0780. The Kier molecular flexibility index (Phi) is 4.19. The smallest absolute Gasteiger partial charge is 0.208 e. The Morgan fingerprint density at radius 3 is 2.33 bits per heavy atom. The number of anilines is 1. The van der Waals surface area contributed by atoms with Gasteiger partial charge in [-0.2, -0.15) is 0 Å². The fraction of sp³-hybridized carbons (Fsp3) is 0.833. The molecule has 0 unspecified atom stereocenters. The summed E-state index contributed by atoms with van der Waals surface area (Å²) in [4.78, 5) is 4.57. The molecule has 0 radical (unpaired) electrons. The first-order valence-electron chi connectivity index (χ1n) is 6.43. The lowest BCUT2D eigenvalue weighted by Crippen LogP contribution is -2.47. The van der Waals surface area contributed by atoms with Gasteiger partial charge in [-0.1, -0.05) is 32.1 Å². The van der Waals surface area contributed by atoms with Crippen molar-refractivity contribution in [3.05, 3.63) is 5.01 Å². The van der Waals surface area contributed by atoms with E-state index in [1.807, 2.05) is 0 Å². The van der Waals surface area contributed by atoms with Crippen molar-refractivity contribution in [3.8, 4) is 0 Å². The molecule has 1 saturated heterocycles. The lowest BCUT2D eigenvalue weighted by atomic mass is 9.98. The molecule has 1 aromatic heterocycles. The summed E-state index contributed by atoms with van der Waals surface area (Å²) >= 11 is 1.70. The Bertz CT molecular complexity index is 380. The molecule has 1 N–H and O–H groups in total. The number of nitrogens with zero attached hydrogens (tertiary/aromatic N) is 4. The molecule has 102 valence electrons. The normalized spacial score (nSPS) is 18.3. The number of β-amino-alcohol motifs (C(OH)–C–C–N with tert-alkyl or cyclic N) is 1. The van der Waals surface area contributed by atoms with E-state index in [2.05, 4.69) is 40.8 Å². The number of hydrogen-bond acceptors (Lipinski definition) is 6. The van der Waals surface area contributed by atoms with Crippen molar-refractivity contribution in [2.45, 2.75) is 26.2 Å². The number of piperazine rings is 1. The zero-order valence-corrected chi connectivity index (χ0v) is 12.2. The van der Waals surface area contributed by atoms with Gasteiger partial charge in [0.05, 0.1) is 6.61 Å². The Morgan fingerprint density at radius 1 is 1.17 bits per heavy atom. The predicted octanol–water partition coefficient (Wildman–Crippen LogP) is 0.950. The second-order valence-corrected chi connectivity index (χ2v) is 6.65. The summed E-state index contributed by atoms with van der Waals surface area (Å²) in [6.07, 6.45) is 0. The van der Waals surface area contributed by atoms with Crippen LogP contribution in [0.5, 0.6) is 0 Å². The van der Waals surface area contributed by atoms with E-state index in [9.17, 15) is 0 Å². The maximum Gasteiger partial charge on any atom is 0.208 e. The SMILES string of the molecule is CC(C)(C)c1nnc(N2CCN(CCO)CC2)s1. The minimum absolute atomic E-state index is 0.0780. The molecule has 1 fully saturated rings. The highest BCUT2D eigenvalue weighted by atomic mass is 32.1. The van der Waals surface area contributed by atoms with Crippen molar-refractivity contribution in [1.29, 1.82) is 0 Å². The van der Waals surface area contributed by atoms with E-state index in [0.29, 0.717) is 0 Å². The van der Waals surface area contributed by atoms with Gasteiger partial charge < -0.3 is 10.0 Å². The van der Waals surface area contributed by atoms with Crippen molar-refractivity contribution in [2.75, 3.05) is 44.2 Å². The molecule has 2 rings (SSSR count). The number of rotatable bonds is 3. The highest BCUT2D eigenvalue weighted by Crippen LogP contribution is 2.30. The molecule has 2 heterocycles. The first-order valence-corrected chi connectivity index (χ1v) is 7.24. The monoisotopic (exact) mass is 270 g/mol. The van der Waals surface area contributed by atoms with Gasteiger partial charge in [0, 0.05) is 38.1 Å². The largest absolute Gasteiger partial charge is 0.395 e. The summed E-state index contributed by atoms with van der Waals surface area (Å²) in [6.45, 7) is 11.4. The van der Waals surface area contributed by atoms with E-state index in [1.165, 1.54) is 0 Å². The zero-order valence-electron chi connectivity index (χ0n) is 11.4. The third kappa shape index (κ3) is 3.18. The van der Waals surface area contributed by atoms with Crippen LogP contribution in [0.2, 0.25) is 0 Å². The van der Waals surface area contributed by atoms with E-state index in [-0.39, 0.29) is 12.0 Å². The van der Waals surface area contributed by atoms with Crippen LogP contribution in [0.15, 0.2) is 0 Å². The lowest BCUT2D eigenvalue weighted by Gasteiger charge is -2.33. The Morgan fingerprint density at radius 2 is 1.83 bits per heavy atom. The molecule has 0 bridgehead atoms.